The zero-order valence-electron chi connectivity index (χ0n) is 18.3. The summed E-state index contributed by atoms with van der Waals surface area (Å²) in [6.07, 6.45) is 7.74. The SMILES string of the molecule is O=C(Nc1ccc(N2CCCC2)c(S(=O)(=O)NC2CCCc3ccccc32)c1)C1CCC1. The molecule has 2 N–H and O–H groups in total. The minimum absolute atomic E-state index is 0.0114. The largest absolute Gasteiger partial charge is 0.370 e. The van der Waals surface area contributed by atoms with Gasteiger partial charge >= 0.3 is 0 Å². The van der Waals surface area contributed by atoms with E-state index < -0.39 is 10.0 Å². The molecular weight excluding hydrogens is 422 g/mol. The molecule has 1 saturated heterocycles. The summed E-state index contributed by atoms with van der Waals surface area (Å²) in [5.74, 6) is 0.0351. The van der Waals surface area contributed by atoms with E-state index in [4.69, 9.17) is 0 Å². The van der Waals surface area contributed by atoms with Crippen molar-refractivity contribution in [2.45, 2.75) is 62.3 Å². The number of anilines is 2. The second-order valence-electron chi connectivity index (χ2n) is 9.26. The van der Waals surface area contributed by atoms with Crippen molar-refractivity contribution in [3.8, 4) is 0 Å². The normalized spacial score (nSPS) is 21.1. The minimum atomic E-state index is -3.78. The van der Waals surface area contributed by atoms with E-state index in [2.05, 4.69) is 21.0 Å². The van der Waals surface area contributed by atoms with Crippen LogP contribution in [0.25, 0.3) is 0 Å². The van der Waals surface area contributed by atoms with Gasteiger partial charge in [0.15, 0.2) is 0 Å². The molecule has 32 heavy (non-hydrogen) atoms. The van der Waals surface area contributed by atoms with Crippen LogP contribution in [-0.2, 0) is 21.2 Å². The Morgan fingerprint density at radius 3 is 2.47 bits per heavy atom. The molecule has 0 aromatic heterocycles. The highest BCUT2D eigenvalue weighted by atomic mass is 32.2. The third-order valence-corrected chi connectivity index (χ3v) is 8.61. The summed E-state index contributed by atoms with van der Waals surface area (Å²) in [4.78, 5) is 14.9. The molecule has 170 valence electrons. The number of nitrogens with zero attached hydrogens (tertiary/aromatic N) is 1. The molecule has 1 amide bonds. The van der Waals surface area contributed by atoms with Gasteiger partial charge in [0.2, 0.25) is 15.9 Å². The second-order valence-corrected chi connectivity index (χ2v) is 10.9. The maximum atomic E-state index is 13.7. The quantitative estimate of drug-likeness (QED) is 0.680. The molecule has 1 aliphatic heterocycles. The van der Waals surface area contributed by atoms with Gasteiger partial charge in [-0.2, -0.15) is 0 Å². The molecule has 2 aromatic rings. The van der Waals surface area contributed by atoms with Crippen LogP contribution in [0.1, 0.15) is 62.1 Å². The number of amides is 1. The second kappa shape index (κ2) is 8.87. The number of aryl methyl sites for hydroxylation is 1. The van der Waals surface area contributed by atoms with Crippen molar-refractivity contribution >= 4 is 27.3 Å². The lowest BCUT2D eigenvalue weighted by Gasteiger charge is -2.28. The minimum Gasteiger partial charge on any atom is -0.370 e. The molecule has 6 nitrogen and oxygen atoms in total. The Hall–Kier alpha value is -2.38. The van der Waals surface area contributed by atoms with Crippen LogP contribution in [-0.4, -0.2) is 27.4 Å². The number of hydrogen-bond donors (Lipinski definition) is 2. The van der Waals surface area contributed by atoms with Crippen molar-refractivity contribution in [1.29, 1.82) is 0 Å². The van der Waals surface area contributed by atoms with E-state index in [9.17, 15) is 13.2 Å². The molecular formula is C25H31N3O3S. The molecule has 1 unspecified atom stereocenters. The highest BCUT2D eigenvalue weighted by Crippen LogP contribution is 2.35. The summed E-state index contributed by atoms with van der Waals surface area (Å²) < 4.78 is 30.3. The Bertz CT molecular complexity index is 1110. The summed E-state index contributed by atoms with van der Waals surface area (Å²) in [5, 5.41) is 2.94. The predicted octanol–water partition coefficient (Wildman–Crippen LogP) is 4.38. The summed E-state index contributed by atoms with van der Waals surface area (Å²) in [5.41, 5.74) is 3.56. The standard InChI is InChI=1S/C25H31N3O3S/c29-25(19-9-5-10-19)26-20-13-14-23(28-15-3-4-16-28)24(17-20)32(30,31)27-22-12-6-8-18-7-1-2-11-21(18)22/h1-2,7,11,13-14,17,19,22,27H,3-6,8-10,12,15-16H2,(H,26,29). The Morgan fingerprint density at radius 2 is 1.72 bits per heavy atom. The van der Waals surface area contributed by atoms with E-state index in [-0.39, 0.29) is 22.8 Å². The number of sulfonamides is 1. The Labute approximate surface area is 190 Å². The zero-order valence-corrected chi connectivity index (χ0v) is 19.2. The van der Waals surface area contributed by atoms with Crippen LogP contribution in [0, 0.1) is 5.92 Å². The molecule has 2 aliphatic carbocycles. The van der Waals surface area contributed by atoms with Gasteiger partial charge in [-0.15, -0.1) is 0 Å². The molecule has 1 heterocycles. The first-order valence-corrected chi connectivity index (χ1v) is 13.3. The smallest absolute Gasteiger partial charge is 0.243 e. The lowest BCUT2D eigenvalue weighted by Crippen LogP contribution is -2.33. The summed E-state index contributed by atoms with van der Waals surface area (Å²) in [6.45, 7) is 1.70. The maximum absolute atomic E-state index is 13.7. The lowest BCUT2D eigenvalue weighted by molar-refractivity contribution is -0.122. The van der Waals surface area contributed by atoms with Gasteiger partial charge in [-0.05, 0) is 74.3 Å². The van der Waals surface area contributed by atoms with E-state index in [0.717, 1.165) is 75.7 Å². The molecule has 0 radical (unpaired) electrons. The number of benzene rings is 2. The number of hydrogen-bond acceptors (Lipinski definition) is 4. The van der Waals surface area contributed by atoms with Crippen LogP contribution in [0.3, 0.4) is 0 Å². The van der Waals surface area contributed by atoms with Gasteiger partial charge in [0.05, 0.1) is 5.69 Å². The van der Waals surface area contributed by atoms with Crippen molar-refractivity contribution in [3.05, 3.63) is 53.6 Å². The molecule has 0 bridgehead atoms. The third kappa shape index (κ3) is 4.28. The van der Waals surface area contributed by atoms with E-state index >= 15 is 0 Å². The van der Waals surface area contributed by atoms with E-state index in [1.807, 2.05) is 30.3 Å². The Kier molecular flexibility index (Phi) is 5.95. The zero-order chi connectivity index (χ0) is 22.1. The molecule has 7 heteroatoms. The van der Waals surface area contributed by atoms with Gasteiger partial charge in [0, 0.05) is 30.7 Å². The Balaban J connectivity index is 1.46. The molecule has 1 atom stereocenters. The van der Waals surface area contributed by atoms with Gasteiger partial charge in [-0.25, -0.2) is 13.1 Å². The van der Waals surface area contributed by atoms with Crippen LogP contribution in [0.5, 0.6) is 0 Å². The van der Waals surface area contributed by atoms with Crippen molar-refractivity contribution in [2.75, 3.05) is 23.3 Å². The topological polar surface area (TPSA) is 78.5 Å². The monoisotopic (exact) mass is 453 g/mol. The van der Waals surface area contributed by atoms with Crippen LogP contribution in [0.2, 0.25) is 0 Å². The highest BCUT2D eigenvalue weighted by Gasteiger charge is 2.30. The van der Waals surface area contributed by atoms with Crippen molar-refractivity contribution in [3.63, 3.8) is 0 Å². The van der Waals surface area contributed by atoms with Crippen molar-refractivity contribution in [1.82, 2.24) is 4.72 Å². The summed E-state index contributed by atoms with van der Waals surface area (Å²) in [7, 11) is -3.78. The third-order valence-electron chi connectivity index (χ3n) is 7.11. The first kappa shape index (κ1) is 21.5. The molecule has 2 fully saturated rings. The number of carbonyl (C=O) groups is 1. The predicted molar refractivity (Wildman–Crippen MR) is 126 cm³/mol. The molecule has 0 spiro atoms. The summed E-state index contributed by atoms with van der Waals surface area (Å²) in [6, 6.07) is 13.2. The van der Waals surface area contributed by atoms with Gasteiger partial charge in [-0.3, -0.25) is 4.79 Å². The number of nitrogens with one attached hydrogen (secondary N) is 2. The summed E-state index contributed by atoms with van der Waals surface area (Å²) >= 11 is 0. The van der Waals surface area contributed by atoms with Crippen LogP contribution < -0.4 is 14.9 Å². The van der Waals surface area contributed by atoms with Gasteiger partial charge in [0.1, 0.15) is 4.90 Å². The fourth-order valence-corrected chi connectivity index (χ4v) is 6.57. The van der Waals surface area contributed by atoms with Gasteiger partial charge in [-0.1, -0.05) is 30.7 Å². The molecule has 3 aliphatic rings. The first-order chi connectivity index (χ1) is 15.5. The molecule has 1 saturated carbocycles. The highest BCUT2D eigenvalue weighted by molar-refractivity contribution is 7.89. The average Bonchev–Trinajstić information content (AvgIpc) is 3.27. The Morgan fingerprint density at radius 1 is 0.938 bits per heavy atom. The number of carbonyl (C=O) groups excluding carboxylic acids is 1. The van der Waals surface area contributed by atoms with E-state index in [1.54, 1.807) is 6.07 Å². The van der Waals surface area contributed by atoms with E-state index in [1.165, 1.54) is 5.56 Å². The molecule has 5 rings (SSSR count). The number of rotatable bonds is 6. The molecule has 2 aromatic carbocycles. The fourth-order valence-electron chi connectivity index (χ4n) is 5.07. The maximum Gasteiger partial charge on any atom is 0.243 e. The lowest BCUT2D eigenvalue weighted by atomic mass is 9.85. The van der Waals surface area contributed by atoms with Crippen LogP contribution in [0.15, 0.2) is 47.4 Å². The van der Waals surface area contributed by atoms with Crippen LogP contribution >= 0.6 is 0 Å². The van der Waals surface area contributed by atoms with Crippen molar-refractivity contribution < 1.29 is 13.2 Å². The van der Waals surface area contributed by atoms with E-state index in [0.29, 0.717) is 5.69 Å². The van der Waals surface area contributed by atoms with Crippen molar-refractivity contribution in [2.24, 2.45) is 5.92 Å². The van der Waals surface area contributed by atoms with Crippen LogP contribution in [0.4, 0.5) is 11.4 Å². The fraction of sp³-hybridized carbons (Fsp3) is 0.480. The number of fused-ring (bicyclic) bond motifs is 1. The first-order valence-electron chi connectivity index (χ1n) is 11.8. The van der Waals surface area contributed by atoms with Gasteiger partial charge < -0.3 is 10.2 Å². The van der Waals surface area contributed by atoms with Gasteiger partial charge in [0.25, 0.3) is 0 Å². The average molecular weight is 454 g/mol.